The smallest absolute Gasteiger partial charge is 0.243 e. The number of rotatable bonds is 5. The molecular formula is C8H10ClN3OS2. The molecule has 4 nitrogen and oxygen atoms in total. The van der Waals surface area contributed by atoms with Gasteiger partial charge in [0, 0.05) is 5.75 Å². The first kappa shape index (κ1) is 12.5. The molecule has 15 heavy (non-hydrogen) atoms. The number of hydrogen-bond donors (Lipinski definition) is 1. The van der Waals surface area contributed by atoms with Crippen LogP contribution in [0.25, 0.3) is 0 Å². The van der Waals surface area contributed by atoms with Crippen molar-refractivity contribution in [3.05, 3.63) is 12.7 Å². The Balaban J connectivity index is 2.52. The van der Waals surface area contributed by atoms with Crippen molar-refractivity contribution >= 4 is 45.7 Å². The van der Waals surface area contributed by atoms with Gasteiger partial charge in [0.1, 0.15) is 5.38 Å². The number of halogens is 1. The zero-order valence-corrected chi connectivity index (χ0v) is 10.5. The average Bonchev–Trinajstić information content (AvgIpc) is 2.62. The molecular weight excluding hydrogens is 254 g/mol. The lowest BCUT2D eigenvalue weighted by atomic mass is 10.4. The highest BCUT2D eigenvalue weighted by Gasteiger charge is 2.12. The summed E-state index contributed by atoms with van der Waals surface area (Å²) in [4.78, 5) is 11.2. The third kappa shape index (κ3) is 4.19. The molecule has 1 heterocycles. The second kappa shape index (κ2) is 6.09. The Labute approximate surface area is 101 Å². The molecule has 1 atom stereocenters. The van der Waals surface area contributed by atoms with Crippen molar-refractivity contribution in [3.63, 3.8) is 0 Å². The van der Waals surface area contributed by atoms with E-state index in [1.807, 2.05) is 0 Å². The normalized spacial score (nSPS) is 12.1. The van der Waals surface area contributed by atoms with Gasteiger partial charge in [-0.1, -0.05) is 29.2 Å². The van der Waals surface area contributed by atoms with Crippen molar-refractivity contribution in [3.8, 4) is 0 Å². The highest BCUT2D eigenvalue weighted by Crippen LogP contribution is 2.25. The first-order valence-electron chi connectivity index (χ1n) is 4.15. The van der Waals surface area contributed by atoms with Gasteiger partial charge in [0.15, 0.2) is 4.34 Å². The van der Waals surface area contributed by atoms with Crippen LogP contribution < -0.4 is 5.32 Å². The number of aromatic nitrogens is 2. The molecule has 0 aliphatic rings. The predicted octanol–water partition coefficient (Wildman–Crippen LogP) is 2.38. The third-order valence-corrected chi connectivity index (χ3v) is 3.49. The molecule has 0 aliphatic carbocycles. The summed E-state index contributed by atoms with van der Waals surface area (Å²) in [5, 5.41) is 10.2. The first-order valence-corrected chi connectivity index (χ1v) is 6.39. The van der Waals surface area contributed by atoms with Crippen molar-refractivity contribution in [1.29, 1.82) is 0 Å². The molecule has 0 aliphatic heterocycles. The van der Waals surface area contributed by atoms with E-state index >= 15 is 0 Å². The van der Waals surface area contributed by atoms with E-state index in [1.54, 1.807) is 13.0 Å². The molecule has 0 aromatic carbocycles. The van der Waals surface area contributed by atoms with E-state index in [-0.39, 0.29) is 5.91 Å². The standard InChI is InChI=1S/C8H10ClN3OS2/c1-3-4-14-8-12-11-7(15-8)10-6(13)5(2)9/h3,5H,1,4H2,2H3,(H,10,11,13). The predicted molar refractivity (Wildman–Crippen MR) is 64.8 cm³/mol. The second-order valence-electron chi connectivity index (χ2n) is 2.58. The summed E-state index contributed by atoms with van der Waals surface area (Å²) in [7, 11) is 0. The van der Waals surface area contributed by atoms with Gasteiger partial charge in [-0.05, 0) is 6.92 Å². The molecule has 7 heteroatoms. The number of hydrogen-bond acceptors (Lipinski definition) is 5. The zero-order chi connectivity index (χ0) is 11.3. The molecule has 1 aromatic heterocycles. The van der Waals surface area contributed by atoms with Crippen molar-refractivity contribution in [1.82, 2.24) is 10.2 Å². The molecule has 1 unspecified atom stereocenters. The highest BCUT2D eigenvalue weighted by atomic mass is 35.5. The Hall–Kier alpha value is -0.590. The molecule has 1 rings (SSSR count). The van der Waals surface area contributed by atoms with Gasteiger partial charge in [-0.15, -0.1) is 28.4 Å². The SMILES string of the molecule is C=CCSc1nnc(NC(=O)C(C)Cl)s1. The fourth-order valence-corrected chi connectivity index (χ4v) is 2.22. The van der Waals surface area contributed by atoms with E-state index in [4.69, 9.17) is 11.6 Å². The zero-order valence-electron chi connectivity index (χ0n) is 8.07. The molecule has 1 N–H and O–H groups in total. The second-order valence-corrected chi connectivity index (χ2v) is 5.48. The monoisotopic (exact) mass is 263 g/mol. The third-order valence-electron chi connectivity index (χ3n) is 1.32. The van der Waals surface area contributed by atoms with E-state index in [0.717, 1.165) is 10.1 Å². The largest absolute Gasteiger partial charge is 0.299 e. The van der Waals surface area contributed by atoms with Gasteiger partial charge in [-0.3, -0.25) is 10.1 Å². The van der Waals surface area contributed by atoms with Crippen LogP contribution in [0.4, 0.5) is 5.13 Å². The number of thioether (sulfide) groups is 1. The number of carbonyl (C=O) groups is 1. The van der Waals surface area contributed by atoms with Crippen LogP contribution in [-0.4, -0.2) is 27.2 Å². The van der Waals surface area contributed by atoms with E-state index in [2.05, 4.69) is 22.1 Å². The fourth-order valence-electron chi connectivity index (χ4n) is 0.654. The van der Waals surface area contributed by atoms with Crippen LogP contribution in [0.5, 0.6) is 0 Å². The lowest BCUT2D eigenvalue weighted by molar-refractivity contribution is -0.115. The Kier molecular flexibility index (Phi) is 5.07. The highest BCUT2D eigenvalue weighted by molar-refractivity contribution is 8.01. The summed E-state index contributed by atoms with van der Waals surface area (Å²) < 4.78 is 0.799. The van der Waals surface area contributed by atoms with Gasteiger partial charge >= 0.3 is 0 Å². The van der Waals surface area contributed by atoms with Gasteiger partial charge in [0.2, 0.25) is 11.0 Å². The van der Waals surface area contributed by atoms with Gasteiger partial charge in [-0.25, -0.2) is 0 Å². The summed E-state index contributed by atoms with van der Waals surface area (Å²) in [6.45, 7) is 5.21. The summed E-state index contributed by atoms with van der Waals surface area (Å²) >= 11 is 8.43. The van der Waals surface area contributed by atoms with Crippen LogP contribution in [0.1, 0.15) is 6.92 Å². The number of amides is 1. The van der Waals surface area contributed by atoms with Crippen molar-refractivity contribution in [2.75, 3.05) is 11.1 Å². The van der Waals surface area contributed by atoms with Crippen LogP contribution >= 0.6 is 34.7 Å². The minimum Gasteiger partial charge on any atom is -0.299 e. The number of carbonyl (C=O) groups excluding carboxylic acids is 1. The van der Waals surface area contributed by atoms with Crippen molar-refractivity contribution < 1.29 is 4.79 Å². The molecule has 0 saturated heterocycles. The van der Waals surface area contributed by atoms with E-state index < -0.39 is 5.38 Å². The quantitative estimate of drug-likeness (QED) is 0.384. The maximum Gasteiger partial charge on any atom is 0.243 e. The van der Waals surface area contributed by atoms with Gasteiger partial charge < -0.3 is 0 Å². The number of anilines is 1. The molecule has 0 bridgehead atoms. The molecule has 0 fully saturated rings. The Bertz CT molecular complexity index is 353. The lowest BCUT2D eigenvalue weighted by Crippen LogP contribution is -2.20. The van der Waals surface area contributed by atoms with Crippen LogP contribution in [0, 0.1) is 0 Å². The van der Waals surface area contributed by atoms with Gasteiger partial charge in [0.05, 0.1) is 0 Å². The average molecular weight is 264 g/mol. The van der Waals surface area contributed by atoms with Gasteiger partial charge in [-0.2, -0.15) is 0 Å². The minimum absolute atomic E-state index is 0.270. The van der Waals surface area contributed by atoms with E-state index in [0.29, 0.717) is 5.13 Å². The Morgan fingerprint density at radius 3 is 3.13 bits per heavy atom. The molecule has 82 valence electrons. The summed E-state index contributed by atoms with van der Waals surface area (Å²) in [6, 6.07) is 0. The summed E-state index contributed by atoms with van der Waals surface area (Å²) in [5.41, 5.74) is 0. The molecule has 1 amide bonds. The topological polar surface area (TPSA) is 54.9 Å². The Morgan fingerprint density at radius 2 is 2.53 bits per heavy atom. The molecule has 0 saturated carbocycles. The molecule has 0 spiro atoms. The van der Waals surface area contributed by atoms with Gasteiger partial charge in [0.25, 0.3) is 0 Å². The van der Waals surface area contributed by atoms with Crippen molar-refractivity contribution in [2.45, 2.75) is 16.6 Å². The molecule has 0 radical (unpaired) electrons. The summed E-state index contributed by atoms with van der Waals surface area (Å²) in [6.07, 6.45) is 1.78. The van der Waals surface area contributed by atoms with E-state index in [1.165, 1.54) is 23.1 Å². The van der Waals surface area contributed by atoms with E-state index in [9.17, 15) is 4.79 Å². The Morgan fingerprint density at radius 1 is 1.80 bits per heavy atom. The maximum atomic E-state index is 11.2. The molecule has 1 aromatic rings. The lowest BCUT2D eigenvalue weighted by Gasteiger charge is -2.00. The van der Waals surface area contributed by atoms with Crippen LogP contribution in [0.15, 0.2) is 17.0 Å². The minimum atomic E-state index is -0.571. The van der Waals surface area contributed by atoms with Crippen molar-refractivity contribution in [2.24, 2.45) is 0 Å². The maximum absolute atomic E-state index is 11.2. The number of alkyl halides is 1. The van der Waals surface area contributed by atoms with Crippen LogP contribution in [0.2, 0.25) is 0 Å². The number of nitrogens with zero attached hydrogens (tertiary/aromatic N) is 2. The first-order chi connectivity index (χ1) is 7.13. The number of nitrogens with one attached hydrogen (secondary N) is 1. The fraction of sp³-hybridized carbons (Fsp3) is 0.375. The van der Waals surface area contributed by atoms with Crippen LogP contribution in [0.3, 0.4) is 0 Å². The summed E-state index contributed by atoms with van der Waals surface area (Å²) in [5.74, 6) is 0.502. The van der Waals surface area contributed by atoms with Crippen LogP contribution in [-0.2, 0) is 4.79 Å².